The van der Waals surface area contributed by atoms with Crippen molar-refractivity contribution < 1.29 is 4.79 Å². The summed E-state index contributed by atoms with van der Waals surface area (Å²) in [6.45, 7) is 8.03. The van der Waals surface area contributed by atoms with Crippen molar-refractivity contribution in [3.8, 4) is 0 Å². The van der Waals surface area contributed by atoms with Crippen LogP contribution in [0.15, 0.2) is 12.2 Å². The summed E-state index contributed by atoms with van der Waals surface area (Å²) in [6.07, 6.45) is 3.64. The van der Waals surface area contributed by atoms with Crippen LogP contribution < -0.4 is 0 Å². The van der Waals surface area contributed by atoms with Crippen molar-refractivity contribution >= 4 is 5.78 Å². The van der Waals surface area contributed by atoms with Crippen LogP contribution >= 0.6 is 0 Å². The second-order valence-electron chi connectivity index (χ2n) is 2.41. The Morgan fingerprint density at radius 3 is 1.90 bits per heavy atom. The lowest BCUT2D eigenvalue weighted by Gasteiger charge is -2.03. The Balaban J connectivity index is 0.000000371. The van der Waals surface area contributed by atoms with Crippen molar-refractivity contribution in [2.45, 2.75) is 27.7 Å². The molecule has 0 spiro atoms. The van der Waals surface area contributed by atoms with Gasteiger partial charge in [0.1, 0.15) is 0 Å². The molecule has 1 nitrogen and oxygen atoms in total. The highest BCUT2D eigenvalue weighted by molar-refractivity contribution is 5.94. The largest absolute Gasteiger partial charge is 0.295 e. The molecular weight excluding hydrogens is 124 g/mol. The number of hydrogen-bond acceptors (Lipinski definition) is 1. The lowest BCUT2D eigenvalue weighted by atomic mass is 10.00. The molecule has 2 unspecified atom stereocenters. The van der Waals surface area contributed by atoms with Crippen LogP contribution in [-0.4, -0.2) is 5.78 Å². The molecule has 1 aliphatic rings. The van der Waals surface area contributed by atoms with E-state index in [1.807, 2.05) is 26.8 Å². The normalized spacial score (nSPS) is 29.8. The van der Waals surface area contributed by atoms with Gasteiger partial charge in [0.2, 0.25) is 0 Å². The molecule has 0 aliphatic heterocycles. The summed E-state index contributed by atoms with van der Waals surface area (Å²) in [7, 11) is 0. The summed E-state index contributed by atoms with van der Waals surface area (Å²) in [4.78, 5) is 10.7. The molecule has 1 heteroatoms. The van der Waals surface area contributed by atoms with Gasteiger partial charge in [0.15, 0.2) is 5.78 Å². The highest BCUT2D eigenvalue weighted by Crippen LogP contribution is 2.19. The average molecular weight is 140 g/mol. The first-order valence-corrected chi connectivity index (χ1v) is 3.94. The molecule has 10 heavy (non-hydrogen) atoms. The maximum absolute atomic E-state index is 10.7. The minimum Gasteiger partial charge on any atom is -0.295 e. The van der Waals surface area contributed by atoms with E-state index < -0.39 is 0 Å². The fraction of sp³-hybridized carbons (Fsp3) is 0.667. The van der Waals surface area contributed by atoms with Crippen LogP contribution in [0.5, 0.6) is 0 Å². The summed E-state index contributed by atoms with van der Waals surface area (Å²) in [5, 5.41) is 0. The molecule has 0 aromatic carbocycles. The molecule has 2 atom stereocenters. The van der Waals surface area contributed by atoms with E-state index in [0.29, 0.717) is 5.92 Å². The van der Waals surface area contributed by atoms with Crippen molar-refractivity contribution in [3.63, 3.8) is 0 Å². The first-order valence-electron chi connectivity index (χ1n) is 3.94. The van der Waals surface area contributed by atoms with E-state index in [4.69, 9.17) is 0 Å². The van der Waals surface area contributed by atoms with Crippen LogP contribution in [0.1, 0.15) is 27.7 Å². The molecule has 0 fully saturated rings. The van der Waals surface area contributed by atoms with Crippen molar-refractivity contribution in [3.05, 3.63) is 12.2 Å². The Hall–Kier alpha value is -0.590. The van der Waals surface area contributed by atoms with Gasteiger partial charge in [-0.25, -0.2) is 0 Å². The van der Waals surface area contributed by atoms with Gasteiger partial charge < -0.3 is 0 Å². The molecule has 0 aromatic rings. The van der Waals surface area contributed by atoms with Crippen LogP contribution in [0.3, 0.4) is 0 Å². The number of carbonyl (C=O) groups is 1. The second kappa shape index (κ2) is 4.26. The molecule has 1 aliphatic carbocycles. The topological polar surface area (TPSA) is 17.1 Å². The van der Waals surface area contributed by atoms with Crippen molar-refractivity contribution in [1.29, 1.82) is 0 Å². The van der Waals surface area contributed by atoms with E-state index in [1.54, 1.807) is 6.08 Å². The molecule has 0 aromatic heterocycles. The van der Waals surface area contributed by atoms with Gasteiger partial charge in [-0.1, -0.05) is 33.8 Å². The third-order valence-corrected chi connectivity index (χ3v) is 1.80. The Morgan fingerprint density at radius 2 is 1.80 bits per heavy atom. The van der Waals surface area contributed by atoms with Crippen LogP contribution in [0.4, 0.5) is 0 Å². The minimum absolute atomic E-state index is 0.231. The number of ketones is 1. The second-order valence-corrected chi connectivity index (χ2v) is 2.41. The maximum atomic E-state index is 10.7. The molecule has 0 saturated heterocycles. The lowest BCUT2D eigenvalue weighted by Crippen LogP contribution is -2.07. The fourth-order valence-electron chi connectivity index (χ4n) is 0.824. The van der Waals surface area contributed by atoms with Crippen LogP contribution in [0.2, 0.25) is 0 Å². The van der Waals surface area contributed by atoms with E-state index in [9.17, 15) is 4.79 Å². The molecule has 0 radical (unpaired) electrons. The predicted octanol–water partition coefficient (Wildman–Crippen LogP) is 2.42. The number of rotatable bonds is 0. The molecule has 0 saturated carbocycles. The van der Waals surface area contributed by atoms with Crippen molar-refractivity contribution in [1.82, 2.24) is 0 Å². The molecular formula is C9H16O. The Kier molecular flexibility index (Phi) is 4.01. The van der Waals surface area contributed by atoms with Gasteiger partial charge >= 0.3 is 0 Å². The van der Waals surface area contributed by atoms with Gasteiger partial charge in [-0.15, -0.1) is 0 Å². The lowest BCUT2D eigenvalue weighted by molar-refractivity contribution is -0.117. The van der Waals surface area contributed by atoms with Gasteiger partial charge in [0.05, 0.1) is 0 Å². The van der Waals surface area contributed by atoms with Gasteiger partial charge in [0.25, 0.3) is 0 Å². The molecule has 0 N–H and O–H groups in total. The SMILES string of the molecule is CC.CC1C=CC(=O)C1C. The van der Waals surface area contributed by atoms with E-state index in [0.717, 1.165) is 0 Å². The fourth-order valence-corrected chi connectivity index (χ4v) is 0.824. The highest BCUT2D eigenvalue weighted by Gasteiger charge is 2.20. The van der Waals surface area contributed by atoms with Crippen LogP contribution in [0.25, 0.3) is 0 Å². The number of hydrogen-bond donors (Lipinski definition) is 0. The van der Waals surface area contributed by atoms with Gasteiger partial charge in [-0.05, 0) is 12.0 Å². The Morgan fingerprint density at radius 1 is 1.30 bits per heavy atom. The summed E-state index contributed by atoms with van der Waals surface area (Å²) in [5.74, 6) is 0.968. The summed E-state index contributed by atoms with van der Waals surface area (Å²) < 4.78 is 0. The maximum Gasteiger partial charge on any atom is 0.158 e. The van der Waals surface area contributed by atoms with E-state index >= 15 is 0 Å². The zero-order valence-electron chi connectivity index (χ0n) is 7.22. The summed E-state index contributed by atoms with van der Waals surface area (Å²) >= 11 is 0. The zero-order valence-corrected chi connectivity index (χ0v) is 7.22. The minimum atomic E-state index is 0.231. The summed E-state index contributed by atoms with van der Waals surface area (Å²) in [6, 6.07) is 0. The van der Waals surface area contributed by atoms with Gasteiger partial charge in [-0.2, -0.15) is 0 Å². The van der Waals surface area contributed by atoms with Gasteiger partial charge in [-0.3, -0.25) is 4.79 Å². The van der Waals surface area contributed by atoms with Crippen LogP contribution in [0, 0.1) is 11.8 Å². The zero-order chi connectivity index (χ0) is 8.15. The third-order valence-electron chi connectivity index (χ3n) is 1.80. The average Bonchev–Trinajstić information content (AvgIpc) is 2.25. The van der Waals surface area contributed by atoms with Crippen molar-refractivity contribution in [2.24, 2.45) is 11.8 Å². The van der Waals surface area contributed by atoms with E-state index in [-0.39, 0.29) is 11.7 Å². The molecule has 58 valence electrons. The number of allylic oxidation sites excluding steroid dienone is 2. The van der Waals surface area contributed by atoms with Gasteiger partial charge in [0, 0.05) is 5.92 Å². The predicted molar refractivity (Wildman–Crippen MR) is 43.8 cm³/mol. The Labute approximate surface area is 63.1 Å². The highest BCUT2D eigenvalue weighted by atomic mass is 16.1. The first kappa shape index (κ1) is 9.41. The molecule has 0 amide bonds. The van der Waals surface area contributed by atoms with E-state index in [1.165, 1.54) is 0 Å². The Bertz CT molecular complexity index is 136. The van der Waals surface area contributed by atoms with Crippen molar-refractivity contribution in [2.75, 3.05) is 0 Å². The summed E-state index contributed by atoms with van der Waals surface area (Å²) in [5.41, 5.74) is 0. The monoisotopic (exact) mass is 140 g/mol. The van der Waals surface area contributed by atoms with E-state index in [2.05, 4.69) is 6.92 Å². The molecule has 1 rings (SSSR count). The standard InChI is InChI=1S/C7H10O.C2H6/c1-5-3-4-7(8)6(5)2;1-2/h3-6H,1-2H3;1-2H3. The first-order chi connectivity index (χ1) is 4.72. The molecule has 0 bridgehead atoms. The third kappa shape index (κ3) is 1.98. The smallest absolute Gasteiger partial charge is 0.158 e. The molecule has 0 heterocycles. The quantitative estimate of drug-likeness (QED) is 0.505. The van der Waals surface area contributed by atoms with Crippen LogP contribution in [-0.2, 0) is 4.79 Å². The number of carbonyl (C=O) groups excluding carboxylic acids is 1.